The summed E-state index contributed by atoms with van der Waals surface area (Å²) >= 11 is 0. The fraction of sp³-hybridized carbons (Fsp3) is 0.737. The Bertz CT molecular complexity index is 1180. The molecule has 1 aromatic rings. The van der Waals surface area contributed by atoms with Gasteiger partial charge in [0.1, 0.15) is 17.8 Å². The van der Waals surface area contributed by atoms with Crippen molar-refractivity contribution in [3.8, 4) is 0 Å². The van der Waals surface area contributed by atoms with Gasteiger partial charge >= 0.3 is 0 Å². The van der Waals surface area contributed by atoms with E-state index in [0.717, 1.165) is 32.1 Å². The predicted molar refractivity (Wildman–Crippen MR) is 199 cm³/mol. The Balaban J connectivity index is 0.00000102. The Labute approximate surface area is 305 Å². The maximum absolute atomic E-state index is 13.8. The van der Waals surface area contributed by atoms with Crippen molar-refractivity contribution in [3.63, 3.8) is 0 Å². The zero-order valence-electron chi connectivity index (χ0n) is 32.1. The smallest absolute Gasteiger partial charge is 0.289 e. The lowest BCUT2D eigenvalue weighted by Crippen LogP contribution is -2.58. The zero-order chi connectivity index (χ0) is 38.0. The standard InChI is InChI=1S/C27H39N7O6.C6H12.C3H8.C2H6/c1-3-8-18(23(36)26(39)28-2)32-25(38)20-11-7-14-34(20)27(40)22(17-9-5-4-6-10-17)33-21(35)16-31-24(37)19-15-29-12-13-30-19;1-2-4-6-5-3-1;1-3-2;1-2/h12-13,15,17-18,20,22H,3-11,14,16H2,1-2H3,(H,28,39)(H,31,37)(H,32,38)(H,33,35);1-6H2;3H2,1-2H3;1-2H3. The molecule has 0 bridgehead atoms. The molecule has 4 rings (SSSR count). The van der Waals surface area contributed by atoms with Gasteiger partial charge in [-0.05, 0) is 38.0 Å². The maximum Gasteiger partial charge on any atom is 0.289 e. The third-order valence-corrected chi connectivity index (χ3v) is 8.91. The molecule has 1 saturated heterocycles. The summed E-state index contributed by atoms with van der Waals surface area (Å²) in [6, 6.07) is -2.65. The molecule has 0 aromatic carbocycles. The molecular formula is C38H65N7O6. The highest BCUT2D eigenvalue weighted by molar-refractivity contribution is 6.38. The lowest BCUT2D eigenvalue weighted by atomic mass is 9.83. The maximum atomic E-state index is 13.8. The molecule has 0 radical (unpaired) electrons. The highest BCUT2D eigenvalue weighted by Crippen LogP contribution is 2.29. The van der Waals surface area contributed by atoms with Crippen LogP contribution in [0.1, 0.15) is 148 Å². The van der Waals surface area contributed by atoms with E-state index in [-0.39, 0.29) is 24.1 Å². The van der Waals surface area contributed by atoms with Crippen molar-refractivity contribution in [3.05, 3.63) is 24.3 Å². The minimum Gasteiger partial charge on any atom is -0.353 e. The average Bonchev–Trinajstić information content (AvgIpc) is 3.68. The van der Waals surface area contributed by atoms with Gasteiger partial charge in [-0.3, -0.25) is 33.8 Å². The van der Waals surface area contributed by atoms with E-state index in [0.29, 0.717) is 32.2 Å². The van der Waals surface area contributed by atoms with Crippen LogP contribution in [0, 0.1) is 5.92 Å². The van der Waals surface area contributed by atoms with Crippen LogP contribution in [0.2, 0.25) is 0 Å². The van der Waals surface area contributed by atoms with Crippen LogP contribution < -0.4 is 21.3 Å². The highest BCUT2D eigenvalue weighted by atomic mass is 16.2. The first-order chi connectivity index (χ1) is 24.7. The molecular weight excluding hydrogens is 650 g/mol. The monoisotopic (exact) mass is 715 g/mol. The molecule has 2 heterocycles. The molecule has 1 aromatic heterocycles. The molecule has 13 nitrogen and oxygen atoms in total. The number of hydrogen-bond donors (Lipinski definition) is 4. The molecule has 3 fully saturated rings. The van der Waals surface area contributed by atoms with E-state index in [2.05, 4.69) is 45.1 Å². The van der Waals surface area contributed by atoms with Crippen molar-refractivity contribution in [1.29, 1.82) is 0 Å². The number of ketones is 1. The van der Waals surface area contributed by atoms with E-state index >= 15 is 0 Å². The van der Waals surface area contributed by atoms with Crippen molar-refractivity contribution >= 4 is 35.3 Å². The summed E-state index contributed by atoms with van der Waals surface area (Å²) < 4.78 is 0. The number of nitrogens with one attached hydrogen (secondary N) is 4. The van der Waals surface area contributed by atoms with E-state index in [1.165, 1.54) is 75.5 Å². The first-order valence-corrected chi connectivity index (χ1v) is 19.4. The van der Waals surface area contributed by atoms with Crippen molar-refractivity contribution in [1.82, 2.24) is 36.1 Å². The normalized spacial score (nSPS) is 18.0. The van der Waals surface area contributed by atoms with Crippen molar-refractivity contribution in [2.24, 2.45) is 5.92 Å². The fourth-order valence-electron chi connectivity index (χ4n) is 6.39. The van der Waals surface area contributed by atoms with Crippen molar-refractivity contribution in [2.45, 2.75) is 155 Å². The second-order valence-electron chi connectivity index (χ2n) is 13.0. The summed E-state index contributed by atoms with van der Waals surface area (Å²) in [6.07, 6.45) is 20.6. The van der Waals surface area contributed by atoms with Crippen LogP contribution >= 0.6 is 0 Å². The van der Waals surface area contributed by atoms with E-state index in [1.54, 1.807) is 0 Å². The Hall–Kier alpha value is -3.90. The van der Waals surface area contributed by atoms with Gasteiger partial charge in [0.15, 0.2) is 0 Å². The quantitative estimate of drug-likeness (QED) is 0.226. The number of Topliss-reactive ketones (excluding diaryl/α,β-unsaturated/α-hetero) is 1. The van der Waals surface area contributed by atoms with Gasteiger partial charge in [-0.2, -0.15) is 0 Å². The van der Waals surface area contributed by atoms with Crippen LogP contribution in [0.15, 0.2) is 18.6 Å². The molecule has 3 unspecified atom stereocenters. The number of likely N-dealkylation sites (tertiary alicyclic amines) is 1. The van der Waals surface area contributed by atoms with Gasteiger partial charge in [0.2, 0.25) is 23.5 Å². The Kier molecular flexibility index (Phi) is 23.8. The number of hydrogen-bond acceptors (Lipinski definition) is 8. The largest absolute Gasteiger partial charge is 0.353 e. The van der Waals surface area contributed by atoms with Gasteiger partial charge in [0.05, 0.1) is 18.8 Å². The van der Waals surface area contributed by atoms with Gasteiger partial charge in [-0.25, -0.2) is 4.98 Å². The summed E-state index contributed by atoms with van der Waals surface area (Å²) in [6.45, 7) is 10.1. The third-order valence-electron chi connectivity index (χ3n) is 8.91. The van der Waals surface area contributed by atoms with Crippen molar-refractivity contribution < 1.29 is 28.8 Å². The fourth-order valence-corrected chi connectivity index (χ4v) is 6.39. The van der Waals surface area contributed by atoms with Gasteiger partial charge in [-0.1, -0.05) is 105 Å². The molecule has 2 aliphatic carbocycles. The van der Waals surface area contributed by atoms with Crippen LogP contribution in [0.5, 0.6) is 0 Å². The number of aromatic nitrogens is 2. The van der Waals surface area contributed by atoms with Gasteiger partial charge in [-0.15, -0.1) is 0 Å². The summed E-state index contributed by atoms with van der Waals surface area (Å²) in [5.74, 6) is -3.57. The van der Waals surface area contributed by atoms with Crippen molar-refractivity contribution in [2.75, 3.05) is 20.1 Å². The third kappa shape index (κ3) is 16.3. The number of likely N-dealkylation sites (N-methyl/N-ethyl adjacent to an activating group) is 1. The summed E-state index contributed by atoms with van der Waals surface area (Å²) in [5.41, 5.74) is 0.0670. The Morgan fingerprint density at radius 3 is 1.94 bits per heavy atom. The molecule has 0 spiro atoms. The Morgan fingerprint density at radius 2 is 1.41 bits per heavy atom. The lowest BCUT2D eigenvalue weighted by Gasteiger charge is -2.35. The van der Waals surface area contributed by atoms with E-state index in [4.69, 9.17) is 0 Å². The van der Waals surface area contributed by atoms with E-state index in [1.807, 2.05) is 20.8 Å². The van der Waals surface area contributed by atoms with Crippen LogP contribution in [0.4, 0.5) is 0 Å². The van der Waals surface area contributed by atoms with Gasteiger partial charge in [0, 0.05) is 26.0 Å². The number of carbonyl (C=O) groups is 6. The van der Waals surface area contributed by atoms with E-state index < -0.39 is 47.5 Å². The SMILES string of the molecule is C1CCCCC1.CC.CCC.CCCC(NC(=O)C1CCCN1C(=O)C(NC(=O)CNC(=O)c1cnccn1)C1CCCCC1)C(=O)C(=O)NC. The lowest BCUT2D eigenvalue weighted by molar-refractivity contribution is -0.144. The minimum absolute atomic E-state index is 0.0670. The van der Waals surface area contributed by atoms with Crippen LogP contribution in [0.25, 0.3) is 0 Å². The van der Waals surface area contributed by atoms with Crippen LogP contribution in [-0.4, -0.2) is 88.4 Å². The number of amides is 5. The zero-order valence-corrected chi connectivity index (χ0v) is 32.1. The molecule has 51 heavy (non-hydrogen) atoms. The van der Waals surface area contributed by atoms with Gasteiger partial charge in [0.25, 0.3) is 11.8 Å². The summed E-state index contributed by atoms with van der Waals surface area (Å²) in [5, 5.41) is 10.3. The summed E-state index contributed by atoms with van der Waals surface area (Å²) in [7, 11) is 1.35. The van der Waals surface area contributed by atoms with Crippen LogP contribution in [-0.2, 0) is 24.0 Å². The second kappa shape index (κ2) is 26.8. The van der Waals surface area contributed by atoms with Gasteiger partial charge < -0.3 is 26.2 Å². The molecule has 13 heteroatoms. The molecule has 3 atom stereocenters. The first-order valence-electron chi connectivity index (χ1n) is 19.4. The number of rotatable bonds is 12. The van der Waals surface area contributed by atoms with E-state index in [9.17, 15) is 28.8 Å². The molecule has 4 N–H and O–H groups in total. The summed E-state index contributed by atoms with van der Waals surface area (Å²) in [4.78, 5) is 85.8. The first kappa shape index (κ1) is 45.1. The molecule has 5 amide bonds. The molecule has 288 valence electrons. The Morgan fingerprint density at radius 1 is 0.824 bits per heavy atom. The topological polar surface area (TPSA) is 180 Å². The second-order valence-corrected chi connectivity index (χ2v) is 13.0. The predicted octanol–water partition coefficient (Wildman–Crippen LogP) is 4.65. The molecule has 1 aliphatic heterocycles. The van der Waals surface area contributed by atoms with Crippen LogP contribution in [0.3, 0.4) is 0 Å². The number of nitrogens with zero attached hydrogens (tertiary/aromatic N) is 3. The highest BCUT2D eigenvalue weighted by Gasteiger charge is 2.41. The molecule has 3 aliphatic rings. The molecule has 2 saturated carbocycles. The average molecular weight is 716 g/mol. The minimum atomic E-state index is -0.984. The number of carbonyl (C=O) groups excluding carboxylic acids is 6.